The van der Waals surface area contributed by atoms with Gasteiger partial charge in [0.15, 0.2) is 6.29 Å². The van der Waals surface area contributed by atoms with Gasteiger partial charge < -0.3 is 4.90 Å². The minimum absolute atomic E-state index is 0.578. The highest BCUT2D eigenvalue weighted by atomic mass is 35.5. The first kappa shape index (κ1) is 13.1. The molecule has 94 valence electrons. The van der Waals surface area contributed by atoms with E-state index < -0.39 is 0 Å². The van der Waals surface area contributed by atoms with Crippen LogP contribution in [-0.2, 0) is 6.54 Å². The van der Waals surface area contributed by atoms with Crippen molar-refractivity contribution in [1.82, 2.24) is 4.98 Å². The molecule has 1 aromatic carbocycles. The lowest BCUT2D eigenvalue weighted by Gasteiger charge is -2.21. The van der Waals surface area contributed by atoms with Gasteiger partial charge in [-0.15, -0.1) is 11.3 Å². The second kappa shape index (κ2) is 5.50. The molecule has 0 aliphatic rings. The van der Waals surface area contributed by atoms with Crippen LogP contribution >= 0.6 is 22.9 Å². The van der Waals surface area contributed by atoms with Crippen LogP contribution < -0.4 is 4.90 Å². The average molecular weight is 281 g/mol. The quantitative estimate of drug-likeness (QED) is 0.803. The smallest absolute Gasteiger partial charge is 0.152 e. The number of aromatic nitrogens is 1. The molecule has 0 aliphatic heterocycles. The summed E-state index contributed by atoms with van der Waals surface area (Å²) in [6, 6.07) is 5.32. The fourth-order valence-corrected chi connectivity index (χ4v) is 2.76. The topological polar surface area (TPSA) is 33.2 Å². The molecule has 2 rings (SSSR count). The Morgan fingerprint density at radius 2 is 2.28 bits per heavy atom. The molecule has 0 saturated carbocycles. The summed E-state index contributed by atoms with van der Waals surface area (Å²) in [5.74, 6) is 0. The monoisotopic (exact) mass is 280 g/mol. The third-order valence-electron chi connectivity index (χ3n) is 2.59. The maximum absolute atomic E-state index is 11.0. The van der Waals surface area contributed by atoms with E-state index >= 15 is 0 Å². The van der Waals surface area contributed by atoms with E-state index in [1.807, 2.05) is 24.3 Å². The predicted molar refractivity (Wildman–Crippen MR) is 75.8 cm³/mol. The zero-order chi connectivity index (χ0) is 13.1. The zero-order valence-electron chi connectivity index (χ0n) is 10.2. The molecule has 1 aromatic heterocycles. The number of thiazole rings is 1. The summed E-state index contributed by atoms with van der Waals surface area (Å²) in [7, 11) is 1.91. The van der Waals surface area contributed by atoms with E-state index in [0.717, 1.165) is 22.7 Å². The lowest BCUT2D eigenvalue weighted by molar-refractivity contribution is 0.112. The number of benzene rings is 1. The van der Waals surface area contributed by atoms with Crippen LogP contribution in [-0.4, -0.2) is 18.3 Å². The Kier molecular flexibility index (Phi) is 3.99. The van der Waals surface area contributed by atoms with Crippen molar-refractivity contribution < 1.29 is 4.79 Å². The number of rotatable bonds is 4. The van der Waals surface area contributed by atoms with Gasteiger partial charge in [-0.05, 0) is 19.1 Å². The first-order chi connectivity index (χ1) is 8.61. The molecule has 0 spiro atoms. The number of carbonyl (C=O) groups excluding carboxylic acids is 1. The van der Waals surface area contributed by atoms with Crippen molar-refractivity contribution in [2.75, 3.05) is 11.9 Å². The van der Waals surface area contributed by atoms with Gasteiger partial charge in [-0.1, -0.05) is 17.7 Å². The van der Waals surface area contributed by atoms with E-state index in [0.29, 0.717) is 17.1 Å². The molecule has 0 N–H and O–H groups in total. The van der Waals surface area contributed by atoms with Gasteiger partial charge in [0.05, 0.1) is 28.0 Å². The van der Waals surface area contributed by atoms with Gasteiger partial charge in [0.1, 0.15) is 0 Å². The normalized spacial score (nSPS) is 10.4. The van der Waals surface area contributed by atoms with Gasteiger partial charge in [0.2, 0.25) is 0 Å². The molecule has 0 atom stereocenters. The van der Waals surface area contributed by atoms with Crippen molar-refractivity contribution in [2.24, 2.45) is 0 Å². The predicted octanol–water partition coefficient (Wildman–Crippen LogP) is 3.55. The van der Waals surface area contributed by atoms with Crippen molar-refractivity contribution >= 4 is 34.9 Å². The Morgan fingerprint density at radius 1 is 1.50 bits per heavy atom. The highest BCUT2D eigenvalue weighted by molar-refractivity contribution is 7.09. The highest BCUT2D eigenvalue weighted by Gasteiger charge is 2.12. The molecule has 5 heteroatoms. The van der Waals surface area contributed by atoms with Gasteiger partial charge in [0, 0.05) is 18.0 Å². The fourth-order valence-electron chi connectivity index (χ4n) is 1.83. The molecule has 0 fully saturated rings. The Balaban J connectivity index is 2.28. The first-order valence-electron chi connectivity index (χ1n) is 5.47. The lowest BCUT2D eigenvalue weighted by Crippen LogP contribution is -2.18. The van der Waals surface area contributed by atoms with Gasteiger partial charge >= 0.3 is 0 Å². The summed E-state index contributed by atoms with van der Waals surface area (Å²) < 4.78 is 0. The van der Waals surface area contributed by atoms with E-state index in [1.165, 1.54) is 0 Å². The number of carbonyl (C=O) groups is 1. The average Bonchev–Trinajstić information content (AvgIpc) is 2.74. The minimum atomic E-state index is 0.578. The molecule has 1 heterocycles. The van der Waals surface area contributed by atoms with Crippen LogP contribution in [0.15, 0.2) is 23.6 Å². The second-order valence-corrected chi connectivity index (χ2v) is 5.48. The van der Waals surface area contributed by atoms with Crippen LogP contribution in [0.25, 0.3) is 0 Å². The molecule has 0 amide bonds. The van der Waals surface area contributed by atoms with Crippen LogP contribution in [0.3, 0.4) is 0 Å². The van der Waals surface area contributed by atoms with Crippen LogP contribution in [0.5, 0.6) is 0 Å². The summed E-state index contributed by atoms with van der Waals surface area (Å²) in [4.78, 5) is 17.4. The third-order valence-corrected chi connectivity index (χ3v) is 3.72. The highest BCUT2D eigenvalue weighted by Crippen LogP contribution is 2.29. The van der Waals surface area contributed by atoms with Crippen molar-refractivity contribution in [3.05, 3.63) is 44.9 Å². The number of hydrogen-bond donors (Lipinski definition) is 0. The number of aldehydes is 1. The molecular weight excluding hydrogens is 268 g/mol. The summed E-state index contributed by atoms with van der Waals surface area (Å²) in [6.45, 7) is 2.61. The largest absolute Gasteiger partial charge is 0.367 e. The molecule has 0 aliphatic carbocycles. The molecule has 0 unspecified atom stereocenters. The van der Waals surface area contributed by atoms with E-state index in [1.54, 1.807) is 29.5 Å². The van der Waals surface area contributed by atoms with Gasteiger partial charge in [-0.2, -0.15) is 0 Å². The summed E-state index contributed by atoms with van der Waals surface area (Å²) in [6.07, 6.45) is 0.823. The van der Waals surface area contributed by atoms with E-state index in [9.17, 15) is 4.79 Å². The molecule has 2 aromatic rings. The molecule has 0 saturated heterocycles. The number of halogens is 1. The van der Waals surface area contributed by atoms with Crippen molar-refractivity contribution in [3.8, 4) is 0 Å². The lowest BCUT2D eigenvalue weighted by atomic mass is 10.2. The molecule has 18 heavy (non-hydrogen) atoms. The zero-order valence-corrected chi connectivity index (χ0v) is 11.8. The SMILES string of the molecule is Cc1nc(CN(C)c2c(Cl)cccc2C=O)cs1. The van der Waals surface area contributed by atoms with E-state index in [4.69, 9.17) is 11.6 Å². The Labute approximate surface area is 115 Å². The molecule has 3 nitrogen and oxygen atoms in total. The van der Waals surface area contributed by atoms with Gasteiger partial charge in [-0.3, -0.25) is 4.79 Å². The second-order valence-electron chi connectivity index (χ2n) is 4.01. The Morgan fingerprint density at radius 3 is 2.89 bits per heavy atom. The van der Waals surface area contributed by atoms with E-state index in [-0.39, 0.29) is 0 Å². The molecular formula is C13H13ClN2OS. The number of hydrogen-bond acceptors (Lipinski definition) is 4. The van der Waals surface area contributed by atoms with Crippen LogP contribution in [0.4, 0.5) is 5.69 Å². The van der Waals surface area contributed by atoms with Gasteiger partial charge in [0.25, 0.3) is 0 Å². The van der Waals surface area contributed by atoms with Crippen LogP contribution in [0.2, 0.25) is 5.02 Å². The Bertz CT molecular complexity index is 568. The van der Waals surface area contributed by atoms with Crippen LogP contribution in [0, 0.1) is 6.92 Å². The number of aryl methyl sites for hydroxylation is 1. The number of nitrogens with zero attached hydrogens (tertiary/aromatic N) is 2. The van der Waals surface area contributed by atoms with Crippen molar-refractivity contribution in [3.63, 3.8) is 0 Å². The molecule has 0 radical (unpaired) electrons. The summed E-state index contributed by atoms with van der Waals surface area (Å²) in [5.41, 5.74) is 2.33. The van der Waals surface area contributed by atoms with Gasteiger partial charge in [-0.25, -0.2) is 4.98 Å². The van der Waals surface area contributed by atoms with Crippen molar-refractivity contribution in [2.45, 2.75) is 13.5 Å². The standard InChI is InChI=1S/C13H13ClN2OS/c1-9-15-11(8-18-9)6-16(2)13-10(7-17)4-3-5-12(13)14/h3-5,7-8H,6H2,1-2H3. The third kappa shape index (κ3) is 2.71. The Hall–Kier alpha value is -1.39. The fraction of sp³-hybridized carbons (Fsp3) is 0.231. The number of para-hydroxylation sites is 1. The summed E-state index contributed by atoms with van der Waals surface area (Å²) >= 11 is 7.77. The van der Waals surface area contributed by atoms with Crippen molar-refractivity contribution in [1.29, 1.82) is 0 Å². The molecule has 0 bridgehead atoms. The van der Waals surface area contributed by atoms with Crippen LogP contribution in [0.1, 0.15) is 21.1 Å². The number of anilines is 1. The van der Waals surface area contributed by atoms with E-state index in [2.05, 4.69) is 4.98 Å². The maximum Gasteiger partial charge on any atom is 0.152 e. The summed E-state index contributed by atoms with van der Waals surface area (Å²) in [5, 5.41) is 3.63. The minimum Gasteiger partial charge on any atom is -0.367 e. The first-order valence-corrected chi connectivity index (χ1v) is 6.73. The maximum atomic E-state index is 11.0.